The molecule has 1 heterocycles. The molecule has 0 spiro atoms. The van der Waals surface area contributed by atoms with E-state index in [1.165, 1.54) is 37.8 Å². The Morgan fingerprint density at radius 3 is 2.80 bits per heavy atom. The Balaban J connectivity index is 1.89. The van der Waals surface area contributed by atoms with E-state index in [0.717, 1.165) is 5.92 Å². The van der Waals surface area contributed by atoms with Crippen LogP contribution in [0, 0.1) is 5.92 Å². The maximum atomic E-state index is 3.68. The predicted molar refractivity (Wildman–Crippen MR) is 65.0 cm³/mol. The normalized spacial score (nSPS) is 27.3. The van der Waals surface area contributed by atoms with E-state index in [1.54, 1.807) is 0 Å². The lowest BCUT2D eigenvalue weighted by molar-refractivity contribution is 0.482. The van der Waals surface area contributed by atoms with E-state index >= 15 is 0 Å². The van der Waals surface area contributed by atoms with Crippen molar-refractivity contribution >= 4 is 0 Å². The highest BCUT2D eigenvalue weighted by Gasteiger charge is 2.15. The maximum absolute atomic E-state index is 3.68. The lowest BCUT2D eigenvalue weighted by atomic mass is 10.0. The van der Waals surface area contributed by atoms with Crippen molar-refractivity contribution in [3.63, 3.8) is 0 Å². The zero-order chi connectivity index (χ0) is 10.5. The minimum absolute atomic E-state index is 0.692. The molecule has 0 radical (unpaired) electrons. The van der Waals surface area contributed by atoms with Crippen LogP contribution in [0.1, 0.15) is 31.7 Å². The zero-order valence-corrected chi connectivity index (χ0v) is 9.58. The summed E-state index contributed by atoms with van der Waals surface area (Å²) in [5.74, 6) is 0.853. The second kappa shape index (κ2) is 5.32. The largest absolute Gasteiger partial charge is 0.313 e. The molecule has 2 atom stereocenters. The number of rotatable bonds is 2. The number of hydrogen-bond donors (Lipinski definition) is 1. The van der Waals surface area contributed by atoms with Crippen LogP contribution in [0.4, 0.5) is 0 Å². The molecular formula is C14H21N. The Labute approximate surface area is 92.9 Å². The summed E-state index contributed by atoms with van der Waals surface area (Å²) in [4.78, 5) is 0. The van der Waals surface area contributed by atoms with Gasteiger partial charge in [-0.15, -0.1) is 0 Å². The fourth-order valence-electron chi connectivity index (χ4n) is 2.36. The van der Waals surface area contributed by atoms with Crippen LogP contribution < -0.4 is 5.32 Å². The van der Waals surface area contributed by atoms with Crippen molar-refractivity contribution in [3.05, 3.63) is 35.9 Å². The molecule has 15 heavy (non-hydrogen) atoms. The SMILES string of the molecule is CC1CCCC(Cc2ccccc2)NC1. The Hall–Kier alpha value is -0.820. The summed E-state index contributed by atoms with van der Waals surface area (Å²) in [7, 11) is 0. The molecule has 1 fully saturated rings. The van der Waals surface area contributed by atoms with Gasteiger partial charge in [0.25, 0.3) is 0 Å². The monoisotopic (exact) mass is 203 g/mol. The van der Waals surface area contributed by atoms with Crippen molar-refractivity contribution < 1.29 is 0 Å². The molecule has 1 nitrogen and oxygen atoms in total. The minimum Gasteiger partial charge on any atom is -0.313 e. The molecule has 0 aromatic heterocycles. The number of nitrogens with one attached hydrogen (secondary N) is 1. The van der Waals surface area contributed by atoms with Crippen LogP contribution in [0.3, 0.4) is 0 Å². The number of benzene rings is 1. The van der Waals surface area contributed by atoms with Crippen molar-refractivity contribution in [2.75, 3.05) is 6.54 Å². The summed E-state index contributed by atoms with van der Waals surface area (Å²) >= 11 is 0. The van der Waals surface area contributed by atoms with Gasteiger partial charge in [0.2, 0.25) is 0 Å². The fourth-order valence-corrected chi connectivity index (χ4v) is 2.36. The molecule has 1 heteroatoms. The highest BCUT2D eigenvalue weighted by Crippen LogP contribution is 2.16. The molecule has 2 rings (SSSR count). The van der Waals surface area contributed by atoms with Gasteiger partial charge in [0.05, 0.1) is 0 Å². The van der Waals surface area contributed by atoms with Crippen LogP contribution in [0.2, 0.25) is 0 Å². The summed E-state index contributed by atoms with van der Waals surface area (Å²) in [6.07, 6.45) is 5.29. The van der Waals surface area contributed by atoms with Gasteiger partial charge in [-0.3, -0.25) is 0 Å². The van der Waals surface area contributed by atoms with Gasteiger partial charge in [-0.2, -0.15) is 0 Å². The van der Waals surface area contributed by atoms with Crippen LogP contribution in [-0.2, 0) is 6.42 Å². The van der Waals surface area contributed by atoms with E-state index in [9.17, 15) is 0 Å². The van der Waals surface area contributed by atoms with Gasteiger partial charge in [0.1, 0.15) is 0 Å². The summed E-state index contributed by atoms with van der Waals surface area (Å²) < 4.78 is 0. The molecule has 1 N–H and O–H groups in total. The summed E-state index contributed by atoms with van der Waals surface area (Å²) in [6, 6.07) is 11.5. The third kappa shape index (κ3) is 3.35. The Morgan fingerprint density at radius 1 is 1.20 bits per heavy atom. The first kappa shape index (κ1) is 10.7. The van der Waals surface area contributed by atoms with Crippen molar-refractivity contribution in [2.45, 2.75) is 38.6 Å². The molecule has 82 valence electrons. The van der Waals surface area contributed by atoms with Crippen LogP contribution >= 0.6 is 0 Å². The van der Waals surface area contributed by atoms with Crippen molar-refractivity contribution in [1.82, 2.24) is 5.32 Å². The van der Waals surface area contributed by atoms with Crippen LogP contribution in [-0.4, -0.2) is 12.6 Å². The average Bonchev–Trinajstić information content (AvgIpc) is 2.46. The molecule has 0 amide bonds. The first-order valence-electron chi connectivity index (χ1n) is 6.12. The predicted octanol–water partition coefficient (Wildman–Crippen LogP) is 3.01. The zero-order valence-electron chi connectivity index (χ0n) is 9.58. The van der Waals surface area contributed by atoms with Gasteiger partial charge in [0, 0.05) is 6.04 Å². The number of hydrogen-bond acceptors (Lipinski definition) is 1. The lowest BCUT2D eigenvalue weighted by Crippen LogP contribution is -2.31. The third-order valence-corrected chi connectivity index (χ3v) is 3.33. The molecule has 0 bridgehead atoms. The van der Waals surface area contributed by atoms with Gasteiger partial charge in [-0.05, 0) is 37.3 Å². The topological polar surface area (TPSA) is 12.0 Å². The molecule has 1 aromatic rings. The van der Waals surface area contributed by atoms with E-state index in [-0.39, 0.29) is 0 Å². The molecule has 2 unspecified atom stereocenters. The van der Waals surface area contributed by atoms with Gasteiger partial charge < -0.3 is 5.32 Å². The second-order valence-electron chi connectivity index (χ2n) is 4.83. The molecule has 1 saturated heterocycles. The standard InChI is InChI=1S/C14H21N/c1-12-6-5-9-14(15-11-12)10-13-7-3-2-4-8-13/h2-4,7-8,12,14-15H,5-6,9-11H2,1H3. The molecule has 1 aromatic carbocycles. The first-order valence-corrected chi connectivity index (χ1v) is 6.12. The van der Waals surface area contributed by atoms with E-state index in [4.69, 9.17) is 0 Å². The Kier molecular flexibility index (Phi) is 3.79. The summed E-state index contributed by atoms with van der Waals surface area (Å²) in [6.45, 7) is 3.54. The van der Waals surface area contributed by atoms with E-state index in [1.807, 2.05) is 0 Å². The molecule has 0 aliphatic carbocycles. The molecule has 1 aliphatic heterocycles. The second-order valence-corrected chi connectivity index (χ2v) is 4.83. The fraction of sp³-hybridized carbons (Fsp3) is 0.571. The van der Waals surface area contributed by atoms with E-state index in [0.29, 0.717) is 6.04 Å². The van der Waals surface area contributed by atoms with Crippen molar-refractivity contribution in [1.29, 1.82) is 0 Å². The van der Waals surface area contributed by atoms with Gasteiger partial charge in [-0.25, -0.2) is 0 Å². The Bertz CT molecular complexity index is 281. The molecular weight excluding hydrogens is 182 g/mol. The van der Waals surface area contributed by atoms with Gasteiger partial charge >= 0.3 is 0 Å². The highest BCUT2D eigenvalue weighted by atomic mass is 14.9. The van der Waals surface area contributed by atoms with Crippen LogP contribution in [0.5, 0.6) is 0 Å². The quantitative estimate of drug-likeness (QED) is 0.779. The van der Waals surface area contributed by atoms with E-state index < -0.39 is 0 Å². The summed E-state index contributed by atoms with van der Waals surface area (Å²) in [5, 5.41) is 3.68. The van der Waals surface area contributed by atoms with Crippen LogP contribution in [0.25, 0.3) is 0 Å². The van der Waals surface area contributed by atoms with Crippen LogP contribution in [0.15, 0.2) is 30.3 Å². The maximum Gasteiger partial charge on any atom is 0.0108 e. The minimum atomic E-state index is 0.692. The van der Waals surface area contributed by atoms with Gasteiger partial charge in [-0.1, -0.05) is 43.7 Å². The molecule has 0 saturated carbocycles. The average molecular weight is 203 g/mol. The first-order chi connectivity index (χ1) is 7.34. The smallest absolute Gasteiger partial charge is 0.0108 e. The molecule has 1 aliphatic rings. The van der Waals surface area contributed by atoms with Gasteiger partial charge in [0.15, 0.2) is 0 Å². The Morgan fingerprint density at radius 2 is 2.00 bits per heavy atom. The van der Waals surface area contributed by atoms with E-state index in [2.05, 4.69) is 42.6 Å². The third-order valence-electron chi connectivity index (χ3n) is 3.33. The van der Waals surface area contributed by atoms with Crippen molar-refractivity contribution in [3.8, 4) is 0 Å². The van der Waals surface area contributed by atoms with Crippen molar-refractivity contribution in [2.24, 2.45) is 5.92 Å². The lowest BCUT2D eigenvalue weighted by Gasteiger charge is -2.16. The highest BCUT2D eigenvalue weighted by molar-refractivity contribution is 5.15. The summed E-state index contributed by atoms with van der Waals surface area (Å²) in [5.41, 5.74) is 1.46.